The van der Waals surface area contributed by atoms with Crippen molar-refractivity contribution < 1.29 is 20.1 Å². The van der Waals surface area contributed by atoms with Crippen molar-refractivity contribution in [3.63, 3.8) is 0 Å². The fourth-order valence-electron chi connectivity index (χ4n) is 1.12. The zero-order chi connectivity index (χ0) is 11.8. The number of hydrogen-bond donors (Lipinski definition) is 5. The van der Waals surface area contributed by atoms with Gasteiger partial charge in [-0.3, -0.25) is 10.1 Å². The summed E-state index contributed by atoms with van der Waals surface area (Å²) in [6, 6.07) is -0.846. The molecule has 0 heterocycles. The van der Waals surface area contributed by atoms with E-state index in [9.17, 15) is 9.90 Å². The Morgan fingerprint density at radius 2 is 2.00 bits per heavy atom. The van der Waals surface area contributed by atoms with Crippen molar-refractivity contribution in [1.29, 1.82) is 0 Å². The minimum Gasteiger partial charge on any atom is -0.480 e. The Morgan fingerprint density at radius 3 is 2.40 bits per heavy atom. The quantitative estimate of drug-likeness (QED) is 0.261. The van der Waals surface area contributed by atoms with Crippen molar-refractivity contribution in [2.45, 2.75) is 44.6 Å². The number of carbonyl (C=O) groups is 1. The molecule has 0 aliphatic rings. The molecule has 3 atom stereocenters. The van der Waals surface area contributed by atoms with Gasteiger partial charge in [0.05, 0.1) is 6.10 Å². The van der Waals surface area contributed by atoms with Crippen LogP contribution in [0.25, 0.3) is 0 Å². The highest BCUT2D eigenvalue weighted by Gasteiger charge is 2.21. The first-order valence-corrected chi connectivity index (χ1v) is 5.04. The van der Waals surface area contributed by atoms with Crippen LogP contribution in [0.3, 0.4) is 0 Å². The zero-order valence-corrected chi connectivity index (χ0v) is 8.89. The second kappa shape index (κ2) is 7.58. The van der Waals surface area contributed by atoms with Crippen LogP contribution >= 0.6 is 0 Å². The lowest BCUT2D eigenvalue weighted by Gasteiger charge is -2.20. The minimum atomic E-state index is -1.22. The second-order valence-corrected chi connectivity index (χ2v) is 3.53. The molecule has 90 valence electrons. The summed E-state index contributed by atoms with van der Waals surface area (Å²) < 4.78 is 0. The Hall–Kier alpha value is -0.690. The predicted molar refractivity (Wildman–Crippen MR) is 55.2 cm³/mol. The van der Waals surface area contributed by atoms with Crippen molar-refractivity contribution in [3.05, 3.63) is 0 Å². The summed E-state index contributed by atoms with van der Waals surface area (Å²) in [5, 5.41) is 29.5. The molecule has 0 aliphatic carbocycles. The van der Waals surface area contributed by atoms with Crippen molar-refractivity contribution in [2.24, 2.45) is 5.73 Å². The van der Waals surface area contributed by atoms with Gasteiger partial charge in [0.25, 0.3) is 0 Å². The molecule has 0 bridgehead atoms. The van der Waals surface area contributed by atoms with Crippen LogP contribution in [0, 0.1) is 0 Å². The highest BCUT2D eigenvalue weighted by molar-refractivity contribution is 5.73. The lowest BCUT2D eigenvalue weighted by molar-refractivity contribution is -0.141. The van der Waals surface area contributed by atoms with Crippen LogP contribution < -0.4 is 11.1 Å². The Kier molecular flexibility index (Phi) is 7.23. The van der Waals surface area contributed by atoms with Crippen molar-refractivity contribution in [3.8, 4) is 0 Å². The summed E-state index contributed by atoms with van der Waals surface area (Å²) in [6.45, 7) is 1.90. The first kappa shape index (κ1) is 14.3. The largest absolute Gasteiger partial charge is 0.480 e. The molecule has 6 heteroatoms. The number of nitrogens with one attached hydrogen (secondary N) is 1. The molecule has 0 radical (unpaired) electrons. The fourth-order valence-corrected chi connectivity index (χ4v) is 1.12. The number of aliphatic hydroxyl groups is 2. The van der Waals surface area contributed by atoms with Crippen molar-refractivity contribution >= 4 is 5.97 Å². The maximum atomic E-state index is 10.8. The van der Waals surface area contributed by atoms with Gasteiger partial charge in [-0.15, -0.1) is 0 Å². The number of aliphatic carboxylic acids is 1. The minimum absolute atomic E-state index is 0.385. The molecule has 0 aromatic rings. The molecular formula is C9H20N2O4. The van der Waals surface area contributed by atoms with E-state index < -0.39 is 24.3 Å². The van der Waals surface area contributed by atoms with E-state index in [4.69, 9.17) is 15.9 Å². The topological polar surface area (TPSA) is 116 Å². The molecule has 0 rings (SSSR count). The summed E-state index contributed by atoms with van der Waals surface area (Å²) in [4.78, 5) is 10.8. The third-order valence-electron chi connectivity index (χ3n) is 2.07. The molecule has 0 saturated heterocycles. The summed E-state index contributed by atoms with van der Waals surface area (Å²) >= 11 is 0. The molecule has 6 N–H and O–H groups in total. The van der Waals surface area contributed by atoms with Gasteiger partial charge in [0.1, 0.15) is 12.3 Å². The van der Waals surface area contributed by atoms with Gasteiger partial charge in [-0.05, 0) is 26.3 Å². The molecule has 0 aliphatic heterocycles. The highest BCUT2D eigenvalue weighted by Crippen LogP contribution is 2.02. The van der Waals surface area contributed by atoms with Crippen molar-refractivity contribution in [2.75, 3.05) is 6.54 Å². The Morgan fingerprint density at radius 1 is 1.40 bits per heavy atom. The summed E-state index contributed by atoms with van der Waals surface area (Å²) in [5.74, 6) is -1.04. The summed E-state index contributed by atoms with van der Waals surface area (Å²) in [5.41, 5.74) is 5.28. The number of rotatable bonds is 8. The van der Waals surface area contributed by atoms with Gasteiger partial charge in [-0.2, -0.15) is 0 Å². The van der Waals surface area contributed by atoms with Gasteiger partial charge in [0.15, 0.2) is 0 Å². The number of nitrogens with two attached hydrogens (primary N) is 1. The number of carboxylic acids is 1. The molecule has 15 heavy (non-hydrogen) atoms. The molecule has 0 aromatic heterocycles. The standard InChI is InChI=1S/C9H20N2O4/c1-6(12)8(13)11-7(9(14)15)4-2-3-5-10/h6-8,11-13H,2-5,10H2,1H3,(H,14,15)/t6?,7-,8?/m0/s1. The van der Waals surface area contributed by atoms with Crippen LogP contribution in [0.1, 0.15) is 26.2 Å². The summed E-state index contributed by atoms with van der Waals surface area (Å²) in [6.07, 6.45) is -0.412. The van der Waals surface area contributed by atoms with E-state index in [0.717, 1.165) is 6.42 Å². The van der Waals surface area contributed by atoms with E-state index >= 15 is 0 Å². The molecule has 0 aromatic carbocycles. The van der Waals surface area contributed by atoms with E-state index in [2.05, 4.69) is 5.32 Å². The number of aliphatic hydroxyl groups excluding tert-OH is 2. The number of unbranched alkanes of at least 4 members (excludes halogenated alkanes) is 1. The number of carboxylic acid groups (broad SMARTS) is 1. The molecule has 0 fully saturated rings. The molecule has 0 saturated carbocycles. The van der Waals surface area contributed by atoms with Gasteiger partial charge in [0, 0.05) is 0 Å². The van der Waals surface area contributed by atoms with Crippen LogP contribution in [-0.2, 0) is 4.79 Å². The lowest BCUT2D eigenvalue weighted by atomic mass is 10.1. The van der Waals surface area contributed by atoms with E-state index in [1.807, 2.05) is 0 Å². The van der Waals surface area contributed by atoms with Gasteiger partial charge in [-0.25, -0.2) is 0 Å². The van der Waals surface area contributed by atoms with Gasteiger partial charge < -0.3 is 21.1 Å². The molecule has 0 spiro atoms. The van der Waals surface area contributed by atoms with Crippen LogP contribution in [0.2, 0.25) is 0 Å². The average Bonchev–Trinajstić information content (AvgIpc) is 2.15. The van der Waals surface area contributed by atoms with Gasteiger partial charge in [-0.1, -0.05) is 6.42 Å². The third-order valence-corrected chi connectivity index (χ3v) is 2.07. The van der Waals surface area contributed by atoms with E-state index in [-0.39, 0.29) is 0 Å². The maximum absolute atomic E-state index is 10.8. The van der Waals surface area contributed by atoms with Crippen molar-refractivity contribution in [1.82, 2.24) is 5.32 Å². The normalized spacial score (nSPS) is 17.1. The second-order valence-electron chi connectivity index (χ2n) is 3.53. The Labute approximate surface area is 89.1 Å². The van der Waals surface area contributed by atoms with E-state index in [1.54, 1.807) is 0 Å². The van der Waals surface area contributed by atoms with Crippen LogP contribution in [0.4, 0.5) is 0 Å². The molecular weight excluding hydrogens is 200 g/mol. The third kappa shape index (κ3) is 6.40. The predicted octanol–water partition coefficient (Wildman–Crippen LogP) is -1.14. The van der Waals surface area contributed by atoms with E-state index in [1.165, 1.54) is 6.92 Å². The number of hydrogen-bond acceptors (Lipinski definition) is 5. The first-order valence-electron chi connectivity index (χ1n) is 5.04. The smallest absolute Gasteiger partial charge is 0.320 e. The molecule has 2 unspecified atom stereocenters. The maximum Gasteiger partial charge on any atom is 0.320 e. The Bertz CT molecular complexity index is 187. The average molecular weight is 220 g/mol. The van der Waals surface area contributed by atoms with Crippen LogP contribution in [-0.4, -0.2) is 46.2 Å². The van der Waals surface area contributed by atoms with Gasteiger partial charge >= 0.3 is 5.97 Å². The lowest BCUT2D eigenvalue weighted by Crippen LogP contribution is -2.47. The highest BCUT2D eigenvalue weighted by atomic mass is 16.4. The summed E-state index contributed by atoms with van der Waals surface area (Å²) in [7, 11) is 0. The first-order chi connectivity index (χ1) is 6.99. The van der Waals surface area contributed by atoms with Gasteiger partial charge in [0.2, 0.25) is 0 Å². The van der Waals surface area contributed by atoms with Crippen LogP contribution in [0.5, 0.6) is 0 Å². The zero-order valence-electron chi connectivity index (χ0n) is 8.89. The van der Waals surface area contributed by atoms with Crippen LogP contribution in [0.15, 0.2) is 0 Å². The molecule has 6 nitrogen and oxygen atoms in total. The van der Waals surface area contributed by atoms with E-state index in [0.29, 0.717) is 19.4 Å². The molecule has 0 amide bonds. The SMILES string of the molecule is CC(O)C(O)N[C@@H](CCCCN)C(=O)O. The fraction of sp³-hybridized carbons (Fsp3) is 0.889. The Balaban J connectivity index is 3.99. The monoisotopic (exact) mass is 220 g/mol.